The molecule has 2 heterocycles. The van der Waals surface area contributed by atoms with Gasteiger partial charge in [0, 0.05) is 25.3 Å². The van der Waals surface area contributed by atoms with Crippen LogP contribution in [0.4, 0.5) is 5.69 Å². The number of nitrogens with zero attached hydrogens (tertiary/aromatic N) is 4. The lowest BCUT2D eigenvalue weighted by atomic mass is 10.2. The highest BCUT2D eigenvalue weighted by atomic mass is 16.5. The number of nitriles is 1. The third-order valence-electron chi connectivity index (χ3n) is 4.87. The molecule has 0 bridgehead atoms. The molecular formula is C19H24N6O3. The second-order valence-corrected chi connectivity index (χ2v) is 6.72. The molecule has 0 aromatic heterocycles. The van der Waals surface area contributed by atoms with Crippen LogP contribution in [0.5, 0.6) is 5.75 Å². The number of likely N-dealkylation sites (tertiary alicyclic amines) is 2. The number of hydrogen-bond donors (Lipinski definition) is 2. The molecule has 1 aromatic rings. The monoisotopic (exact) mass is 384 g/mol. The molecule has 2 N–H and O–H groups in total. The highest BCUT2D eigenvalue weighted by molar-refractivity contribution is 5.97. The van der Waals surface area contributed by atoms with Gasteiger partial charge in [-0.1, -0.05) is 0 Å². The fraction of sp³-hybridized carbons (Fsp3) is 0.474. The molecule has 9 nitrogen and oxygen atoms in total. The van der Waals surface area contributed by atoms with E-state index in [0.717, 1.165) is 25.9 Å². The van der Waals surface area contributed by atoms with Crippen LogP contribution in [0.25, 0.3) is 0 Å². The van der Waals surface area contributed by atoms with Gasteiger partial charge in [0.25, 0.3) is 0 Å². The maximum atomic E-state index is 12.6. The lowest BCUT2D eigenvalue weighted by molar-refractivity contribution is -0.138. The summed E-state index contributed by atoms with van der Waals surface area (Å²) in [6.45, 7) is 2.11. The Kier molecular flexibility index (Phi) is 6.32. The molecular weight excluding hydrogens is 360 g/mol. The second-order valence-electron chi connectivity index (χ2n) is 6.72. The molecule has 3 rings (SSSR count). The Hall–Kier alpha value is -3.28. The van der Waals surface area contributed by atoms with Crippen molar-refractivity contribution in [1.29, 1.82) is 5.26 Å². The molecule has 9 heteroatoms. The van der Waals surface area contributed by atoms with Crippen molar-refractivity contribution >= 4 is 23.5 Å². The summed E-state index contributed by atoms with van der Waals surface area (Å²) < 4.78 is 5.12. The summed E-state index contributed by atoms with van der Waals surface area (Å²) in [5, 5.41) is 14.5. The summed E-state index contributed by atoms with van der Waals surface area (Å²) in [6.07, 6.45) is 4.37. The number of carbonyl (C=O) groups is 2. The van der Waals surface area contributed by atoms with E-state index in [0.29, 0.717) is 24.4 Å². The molecule has 1 atom stereocenters. The quantitative estimate of drug-likeness (QED) is 0.336. The van der Waals surface area contributed by atoms with Crippen molar-refractivity contribution in [3.8, 4) is 11.9 Å². The third kappa shape index (κ3) is 4.71. The van der Waals surface area contributed by atoms with Gasteiger partial charge in [0.2, 0.25) is 17.8 Å². The Morgan fingerprint density at radius 3 is 2.64 bits per heavy atom. The Labute approximate surface area is 164 Å². The molecule has 28 heavy (non-hydrogen) atoms. The smallest absolute Gasteiger partial charge is 0.248 e. The van der Waals surface area contributed by atoms with Crippen LogP contribution in [0.1, 0.15) is 19.3 Å². The normalized spacial score (nSPS) is 19.5. The minimum atomic E-state index is -0.618. The molecule has 2 fully saturated rings. The van der Waals surface area contributed by atoms with Crippen LogP contribution >= 0.6 is 0 Å². The molecule has 0 aliphatic carbocycles. The number of aliphatic imine (C=N–C) groups is 1. The van der Waals surface area contributed by atoms with Gasteiger partial charge in [-0.2, -0.15) is 5.26 Å². The number of anilines is 1. The Morgan fingerprint density at radius 2 is 2.00 bits per heavy atom. The highest BCUT2D eigenvalue weighted by Gasteiger charge is 2.34. The number of methoxy groups -OCH3 is 1. The third-order valence-corrected chi connectivity index (χ3v) is 4.87. The molecule has 2 aliphatic rings. The summed E-state index contributed by atoms with van der Waals surface area (Å²) in [6, 6.07) is 6.50. The minimum Gasteiger partial charge on any atom is -0.497 e. The zero-order valence-corrected chi connectivity index (χ0v) is 15.9. The SMILES string of the molecule is COc1ccc(NC(=NC2CCN(CC(=O)N3CCCC3)C2=O)NC#N)cc1. The van der Waals surface area contributed by atoms with Gasteiger partial charge in [-0.25, -0.2) is 4.99 Å². The standard InChI is InChI=1S/C19H24N6O3/c1-28-15-6-4-14(5-7-15)22-19(21-13-20)23-16-8-11-25(18(16)27)12-17(26)24-9-2-3-10-24/h4-7,16H,2-3,8-12H2,1H3,(H2,21,22,23). The lowest BCUT2D eigenvalue weighted by Crippen LogP contribution is -2.41. The highest BCUT2D eigenvalue weighted by Crippen LogP contribution is 2.18. The van der Waals surface area contributed by atoms with Crippen LogP contribution in [-0.2, 0) is 9.59 Å². The van der Waals surface area contributed by atoms with Crippen molar-refractivity contribution in [1.82, 2.24) is 15.1 Å². The van der Waals surface area contributed by atoms with Gasteiger partial charge in [0.15, 0.2) is 6.19 Å². The van der Waals surface area contributed by atoms with E-state index in [9.17, 15) is 9.59 Å². The maximum Gasteiger partial charge on any atom is 0.248 e. The van der Waals surface area contributed by atoms with Gasteiger partial charge >= 0.3 is 0 Å². The zero-order chi connectivity index (χ0) is 19.9. The lowest BCUT2D eigenvalue weighted by Gasteiger charge is -2.20. The first-order valence-corrected chi connectivity index (χ1v) is 9.31. The largest absolute Gasteiger partial charge is 0.497 e. The molecule has 0 spiro atoms. The molecule has 1 aromatic carbocycles. The summed E-state index contributed by atoms with van der Waals surface area (Å²) in [7, 11) is 1.58. The van der Waals surface area contributed by atoms with Crippen molar-refractivity contribution < 1.29 is 14.3 Å². The van der Waals surface area contributed by atoms with Crippen LogP contribution < -0.4 is 15.4 Å². The van der Waals surface area contributed by atoms with Gasteiger partial charge in [-0.05, 0) is 43.5 Å². The van der Waals surface area contributed by atoms with E-state index in [1.54, 1.807) is 41.2 Å². The Bertz CT molecular complexity index is 780. The van der Waals surface area contributed by atoms with E-state index >= 15 is 0 Å². The fourth-order valence-electron chi connectivity index (χ4n) is 3.34. The molecule has 2 amide bonds. The van der Waals surface area contributed by atoms with Crippen molar-refractivity contribution in [2.75, 3.05) is 38.6 Å². The summed E-state index contributed by atoms with van der Waals surface area (Å²) in [5.41, 5.74) is 0.703. The van der Waals surface area contributed by atoms with E-state index in [4.69, 9.17) is 10.00 Å². The Balaban J connectivity index is 1.62. The van der Waals surface area contributed by atoms with Crippen LogP contribution in [0.3, 0.4) is 0 Å². The van der Waals surface area contributed by atoms with Crippen molar-refractivity contribution in [2.45, 2.75) is 25.3 Å². The molecule has 2 saturated heterocycles. The number of ether oxygens (including phenoxy) is 1. The predicted molar refractivity (Wildman–Crippen MR) is 104 cm³/mol. The first-order valence-electron chi connectivity index (χ1n) is 9.31. The molecule has 0 radical (unpaired) electrons. The van der Waals surface area contributed by atoms with E-state index < -0.39 is 6.04 Å². The van der Waals surface area contributed by atoms with Gasteiger partial charge in [0.1, 0.15) is 11.8 Å². The van der Waals surface area contributed by atoms with Crippen molar-refractivity contribution in [3.63, 3.8) is 0 Å². The fourth-order valence-corrected chi connectivity index (χ4v) is 3.34. The van der Waals surface area contributed by atoms with Gasteiger partial charge in [0.05, 0.1) is 13.7 Å². The molecule has 0 saturated carbocycles. The second kappa shape index (κ2) is 9.08. The number of benzene rings is 1. The number of rotatable bonds is 5. The van der Waals surface area contributed by atoms with Crippen molar-refractivity contribution in [2.24, 2.45) is 4.99 Å². The van der Waals surface area contributed by atoms with E-state index in [2.05, 4.69) is 15.6 Å². The number of carbonyl (C=O) groups excluding carboxylic acids is 2. The Morgan fingerprint density at radius 1 is 1.29 bits per heavy atom. The van der Waals surface area contributed by atoms with E-state index in [-0.39, 0.29) is 24.3 Å². The zero-order valence-electron chi connectivity index (χ0n) is 15.9. The average Bonchev–Trinajstić information content (AvgIpc) is 3.35. The number of amides is 2. The summed E-state index contributed by atoms with van der Waals surface area (Å²) in [5.74, 6) is 0.698. The van der Waals surface area contributed by atoms with Crippen LogP contribution in [0.15, 0.2) is 29.3 Å². The number of nitrogens with one attached hydrogen (secondary N) is 2. The summed E-state index contributed by atoms with van der Waals surface area (Å²) in [4.78, 5) is 32.6. The van der Waals surface area contributed by atoms with Gasteiger partial charge in [-0.15, -0.1) is 0 Å². The minimum absolute atomic E-state index is 0.0118. The predicted octanol–water partition coefficient (Wildman–Crippen LogP) is 0.757. The maximum absolute atomic E-state index is 12.6. The summed E-state index contributed by atoms with van der Waals surface area (Å²) >= 11 is 0. The molecule has 148 valence electrons. The van der Waals surface area contributed by atoms with E-state index in [1.807, 2.05) is 6.19 Å². The first-order chi connectivity index (χ1) is 13.6. The number of hydrogen-bond acceptors (Lipinski definition) is 5. The van der Waals surface area contributed by atoms with Crippen LogP contribution in [0, 0.1) is 11.5 Å². The number of guanidine groups is 1. The average molecular weight is 384 g/mol. The molecule has 2 aliphatic heterocycles. The van der Waals surface area contributed by atoms with E-state index in [1.165, 1.54) is 0 Å². The first kappa shape index (κ1) is 19.5. The van der Waals surface area contributed by atoms with Crippen LogP contribution in [0.2, 0.25) is 0 Å². The van der Waals surface area contributed by atoms with Crippen molar-refractivity contribution in [3.05, 3.63) is 24.3 Å². The van der Waals surface area contributed by atoms with Gasteiger partial charge in [-0.3, -0.25) is 14.9 Å². The van der Waals surface area contributed by atoms with Gasteiger partial charge < -0.3 is 19.9 Å². The van der Waals surface area contributed by atoms with Crippen LogP contribution in [-0.4, -0.2) is 66.9 Å². The topological polar surface area (TPSA) is 110 Å². The molecule has 1 unspecified atom stereocenters.